The zero-order chi connectivity index (χ0) is 24.4. The van der Waals surface area contributed by atoms with Gasteiger partial charge in [-0.15, -0.1) is 0 Å². The normalized spacial score (nSPS) is 12.7. The molecule has 2 aromatic carbocycles. The van der Waals surface area contributed by atoms with E-state index in [4.69, 9.17) is 11.6 Å². The van der Waals surface area contributed by atoms with Gasteiger partial charge in [0.15, 0.2) is 0 Å². The Labute approximate surface area is 190 Å². The van der Waals surface area contributed by atoms with Crippen LogP contribution in [-0.4, -0.2) is 18.3 Å². The molecule has 1 aromatic heterocycles. The van der Waals surface area contributed by atoms with Crippen LogP contribution in [0.1, 0.15) is 28.4 Å². The number of rotatable bonds is 6. The molecule has 0 aliphatic heterocycles. The molecule has 0 aliphatic carbocycles. The first-order chi connectivity index (χ1) is 15.4. The highest BCUT2D eigenvalue weighted by molar-refractivity contribution is 7.89. The number of nitrogens with one attached hydrogen (secondary N) is 1. The van der Waals surface area contributed by atoms with E-state index in [2.05, 4.69) is 9.71 Å². The van der Waals surface area contributed by atoms with Gasteiger partial charge in [0, 0.05) is 23.4 Å². The van der Waals surface area contributed by atoms with Crippen molar-refractivity contribution in [2.45, 2.75) is 17.1 Å². The molecule has 170 valence electrons. The average Bonchev–Trinajstić information content (AvgIpc) is 2.76. The molecule has 1 unspecified atom stereocenters. The molecule has 33 heavy (non-hydrogen) atoms. The van der Waals surface area contributed by atoms with Crippen LogP contribution in [0.4, 0.5) is 18.9 Å². The minimum absolute atomic E-state index is 0.0993. The fraction of sp³-hybridized carbons (Fsp3) is 0.100. The summed E-state index contributed by atoms with van der Waals surface area (Å²) in [6, 6.07) is 10.6. The van der Waals surface area contributed by atoms with Crippen LogP contribution < -0.4 is 4.72 Å². The summed E-state index contributed by atoms with van der Waals surface area (Å²) in [5.41, 5.74) is -1.83. The molecule has 8 nitrogen and oxygen atoms in total. The van der Waals surface area contributed by atoms with Crippen molar-refractivity contribution in [2.75, 3.05) is 0 Å². The molecule has 0 spiro atoms. The van der Waals surface area contributed by atoms with E-state index in [-0.39, 0.29) is 21.8 Å². The number of halogens is 4. The van der Waals surface area contributed by atoms with Crippen LogP contribution in [-0.2, 0) is 16.2 Å². The minimum atomic E-state index is -4.65. The van der Waals surface area contributed by atoms with Crippen LogP contribution in [0.3, 0.4) is 0 Å². The summed E-state index contributed by atoms with van der Waals surface area (Å²) in [4.78, 5) is 13.3. The Balaban J connectivity index is 2.12. The molecular weight excluding hydrogens is 485 g/mol. The molecule has 0 saturated carbocycles. The van der Waals surface area contributed by atoms with Crippen LogP contribution in [0.5, 0.6) is 0 Å². The standard InChI is InChI=1S/C20H12ClF3N4O4S/c21-15-3-1-2-12(8-15)19(17-7-5-14(11-26-17)20(22,23)24)27-33(31,32)18-9-16(28(29)30)6-4-13(18)10-25/h1-9,11,19,27H. The lowest BCUT2D eigenvalue weighted by atomic mass is 10.0. The third kappa shape index (κ3) is 5.46. The van der Waals surface area contributed by atoms with Gasteiger partial charge in [-0.05, 0) is 35.9 Å². The maximum Gasteiger partial charge on any atom is 0.417 e. The van der Waals surface area contributed by atoms with Crippen LogP contribution in [0.25, 0.3) is 0 Å². The number of sulfonamides is 1. The lowest BCUT2D eigenvalue weighted by Crippen LogP contribution is -2.30. The molecule has 1 N–H and O–H groups in total. The number of nitro groups is 1. The molecular formula is C20H12ClF3N4O4S. The van der Waals surface area contributed by atoms with E-state index in [0.29, 0.717) is 6.20 Å². The average molecular weight is 497 g/mol. The Kier molecular flexibility index (Phi) is 6.68. The molecule has 0 bridgehead atoms. The lowest BCUT2D eigenvalue weighted by molar-refractivity contribution is -0.385. The topological polar surface area (TPSA) is 126 Å². The van der Waals surface area contributed by atoms with Crippen molar-refractivity contribution in [1.82, 2.24) is 9.71 Å². The lowest BCUT2D eigenvalue weighted by Gasteiger charge is -2.20. The molecule has 0 fully saturated rings. The first-order valence-corrected chi connectivity index (χ1v) is 10.8. The molecule has 3 aromatic rings. The van der Waals surface area contributed by atoms with Gasteiger partial charge in [-0.3, -0.25) is 15.1 Å². The maximum atomic E-state index is 13.1. The Morgan fingerprint density at radius 3 is 2.42 bits per heavy atom. The minimum Gasteiger partial charge on any atom is -0.259 e. The molecule has 0 saturated heterocycles. The van der Waals surface area contributed by atoms with Crippen molar-refractivity contribution >= 4 is 27.3 Å². The Morgan fingerprint density at radius 2 is 1.88 bits per heavy atom. The first-order valence-electron chi connectivity index (χ1n) is 8.92. The van der Waals surface area contributed by atoms with E-state index in [1.807, 2.05) is 0 Å². The summed E-state index contributed by atoms with van der Waals surface area (Å²) in [6.45, 7) is 0. The van der Waals surface area contributed by atoms with Crippen LogP contribution >= 0.6 is 11.6 Å². The molecule has 0 radical (unpaired) electrons. The van der Waals surface area contributed by atoms with Crippen molar-refractivity contribution < 1.29 is 26.5 Å². The second-order valence-electron chi connectivity index (χ2n) is 6.63. The van der Waals surface area contributed by atoms with Gasteiger partial charge < -0.3 is 0 Å². The van der Waals surface area contributed by atoms with Crippen molar-refractivity contribution in [2.24, 2.45) is 0 Å². The molecule has 0 aliphatic rings. The van der Waals surface area contributed by atoms with E-state index in [1.54, 1.807) is 6.07 Å². The Bertz CT molecular complexity index is 1360. The number of alkyl halides is 3. The highest BCUT2D eigenvalue weighted by Gasteiger charge is 2.32. The second kappa shape index (κ2) is 9.14. The first kappa shape index (κ1) is 24.1. The van der Waals surface area contributed by atoms with E-state index >= 15 is 0 Å². The largest absolute Gasteiger partial charge is 0.417 e. The number of hydrogen-bond acceptors (Lipinski definition) is 6. The highest BCUT2D eigenvalue weighted by atomic mass is 35.5. The van der Waals surface area contributed by atoms with Gasteiger partial charge in [-0.1, -0.05) is 23.7 Å². The SMILES string of the molecule is N#Cc1ccc([N+](=O)[O-])cc1S(=O)(=O)NC(c1cccc(Cl)c1)c1ccc(C(F)(F)F)cn1. The van der Waals surface area contributed by atoms with Crippen LogP contribution in [0.15, 0.2) is 65.7 Å². The van der Waals surface area contributed by atoms with E-state index < -0.39 is 43.3 Å². The number of aromatic nitrogens is 1. The van der Waals surface area contributed by atoms with Crippen molar-refractivity contribution in [3.63, 3.8) is 0 Å². The fourth-order valence-corrected chi connectivity index (χ4v) is 4.46. The number of benzene rings is 2. The molecule has 13 heteroatoms. The van der Waals surface area contributed by atoms with E-state index in [1.165, 1.54) is 24.3 Å². The third-order valence-corrected chi connectivity index (χ3v) is 6.15. The Hall–Kier alpha value is -3.53. The van der Waals surface area contributed by atoms with Gasteiger partial charge in [0.2, 0.25) is 10.0 Å². The number of hydrogen-bond donors (Lipinski definition) is 1. The van der Waals surface area contributed by atoms with Gasteiger partial charge in [0.05, 0.1) is 27.8 Å². The summed E-state index contributed by atoms with van der Waals surface area (Å²) in [6.07, 6.45) is -4.10. The number of pyridine rings is 1. The van der Waals surface area contributed by atoms with E-state index in [9.17, 15) is 37.0 Å². The highest BCUT2D eigenvalue weighted by Crippen LogP contribution is 2.31. The van der Waals surface area contributed by atoms with Crippen molar-refractivity contribution in [1.29, 1.82) is 5.26 Å². The zero-order valence-electron chi connectivity index (χ0n) is 16.2. The molecule has 0 amide bonds. The predicted molar refractivity (Wildman–Crippen MR) is 111 cm³/mol. The van der Waals surface area contributed by atoms with Gasteiger partial charge in [-0.25, -0.2) is 8.42 Å². The second-order valence-corrected chi connectivity index (χ2v) is 8.75. The molecule has 1 heterocycles. The number of nitriles is 1. The fourth-order valence-electron chi connectivity index (χ4n) is 2.89. The summed E-state index contributed by atoms with van der Waals surface area (Å²) in [7, 11) is -4.59. The van der Waals surface area contributed by atoms with Gasteiger partial charge in [0.25, 0.3) is 5.69 Å². The van der Waals surface area contributed by atoms with Gasteiger partial charge >= 0.3 is 6.18 Å². The quantitative estimate of drug-likeness (QED) is 0.392. The zero-order valence-corrected chi connectivity index (χ0v) is 17.8. The van der Waals surface area contributed by atoms with Crippen molar-refractivity contribution in [3.8, 4) is 6.07 Å². The number of non-ortho nitro benzene ring substituents is 1. The number of nitrogens with zero attached hydrogens (tertiary/aromatic N) is 3. The summed E-state index contributed by atoms with van der Waals surface area (Å²) in [5, 5.41) is 20.6. The Morgan fingerprint density at radius 1 is 1.15 bits per heavy atom. The predicted octanol–water partition coefficient (Wildman–Crippen LogP) is 4.60. The number of nitro benzene ring substituents is 1. The maximum absolute atomic E-state index is 13.1. The van der Waals surface area contributed by atoms with Gasteiger partial charge in [-0.2, -0.15) is 23.2 Å². The summed E-state index contributed by atoms with van der Waals surface area (Å²) < 4.78 is 67.3. The summed E-state index contributed by atoms with van der Waals surface area (Å²) in [5.74, 6) is 0. The van der Waals surface area contributed by atoms with Crippen LogP contribution in [0, 0.1) is 21.4 Å². The molecule has 1 atom stereocenters. The van der Waals surface area contributed by atoms with Gasteiger partial charge in [0.1, 0.15) is 11.0 Å². The van der Waals surface area contributed by atoms with E-state index in [0.717, 1.165) is 30.3 Å². The smallest absolute Gasteiger partial charge is 0.259 e. The summed E-state index contributed by atoms with van der Waals surface area (Å²) >= 11 is 5.99. The van der Waals surface area contributed by atoms with Crippen molar-refractivity contribution in [3.05, 3.63) is 98.3 Å². The molecule has 3 rings (SSSR count). The van der Waals surface area contributed by atoms with Crippen LogP contribution in [0.2, 0.25) is 5.02 Å². The third-order valence-electron chi connectivity index (χ3n) is 4.45. The monoisotopic (exact) mass is 496 g/mol.